The van der Waals surface area contributed by atoms with Gasteiger partial charge in [0, 0.05) is 0 Å². The SMILES string of the molecule is O=C(O)CS(=O)(=O)Nc1cccc(Cl)c1-n1cncn1. The summed E-state index contributed by atoms with van der Waals surface area (Å²) >= 11 is 6.02. The predicted octanol–water partition coefficient (Wildman–Crippen LogP) is 0.747. The number of carbonyl (C=O) groups is 1. The number of carboxylic acid groups (broad SMARTS) is 1. The van der Waals surface area contributed by atoms with Crippen LogP contribution in [0.2, 0.25) is 5.02 Å². The summed E-state index contributed by atoms with van der Waals surface area (Å²) in [6.07, 6.45) is 2.61. The molecular formula is C10H9ClN4O4S. The van der Waals surface area contributed by atoms with Crippen LogP contribution in [-0.4, -0.2) is 40.0 Å². The molecule has 2 rings (SSSR count). The zero-order chi connectivity index (χ0) is 14.8. The molecule has 0 aliphatic rings. The maximum atomic E-state index is 11.7. The Bertz CT molecular complexity index is 730. The molecule has 106 valence electrons. The molecule has 0 amide bonds. The van der Waals surface area contributed by atoms with Crippen molar-refractivity contribution >= 4 is 33.3 Å². The molecule has 20 heavy (non-hydrogen) atoms. The fourth-order valence-electron chi connectivity index (χ4n) is 1.52. The minimum Gasteiger partial charge on any atom is -0.480 e. The molecule has 1 heterocycles. The molecule has 0 bridgehead atoms. The number of benzene rings is 1. The number of hydrogen-bond acceptors (Lipinski definition) is 5. The standard InChI is InChI=1S/C10H9ClN4O4S/c11-7-2-1-3-8(10(7)15-6-12-5-13-15)14-20(18,19)4-9(16)17/h1-3,5-6,14H,4H2,(H,16,17). The van der Waals surface area contributed by atoms with Crippen molar-refractivity contribution in [2.45, 2.75) is 0 Å². The number of anilines is 1. The maximum absolute atomic E-state index is 11.7. The second-order valence-electron chi connectivity index (χ2n) is 3.73. The van der Waals surface area contributed by atoms with Crippen LogP contribution in [0.5, 0.6) is 0 Å². The van der Waals surface area contributed by atoms with Crippen molar-refractivity contribution in [3.8, 4) is 5.69 Å². The molecule has 10 heteroatoms. The van der Waals surface area contributed by atoms with Crippen molar-refractivity contribution < 1.29 is 18.3 Å². The van der Waals surface area contributed by atoms with Gasteiger partial charge in [-0.3, -0.25) is 9.52 Å². The molecule has 1 aromatic heterocycles. The molecule has 2 N–H and O–H groups in total. The Morgan fingerprint density at radius 1 is 1.45 bits per heavy atom. The Hall–Kier alpha value is -2.13. The van der Waals surface area contributed by atoms with Gasteiger partial charge in [0.2, 0.25) is 10.0 Å². The van der Waals surface area contributed by atoms with Gasteiger partial charge in [-0.1, -0.05) is 17.7 Å². The van der Waals surface area contributed by atoms with Crippen LogP contribution in [0.25, 0.3) is 5.69 Å². The maximum Gasteiger partial charge on any atom is 0.320 e. The van der Waals surface area contributed by atoms with Crippen molar-refractivity contribution in [1.29, 1.82) is 0 Å². The van der Waals surface area contributed by atoms with E-state index in [0.29, 0.717) is 0 Å². The summed E-state index contributed by atoms with van der Waals surface area (Å²) < 4.78 is 26.8. The molecule has 0 saturated carbocycles. The van der Waals surface area contributed by atoms with Crippen molar-refractivity contribution in [3.05, 3.63) is 35.9 Å². The van der Waals surface area contributed by atoms with E-state index in [0.717, 1.165) is 0 Å². The van der Waals surface area contributed by atoms with E-state index in [9.17, 15) is 13.2 Å². The molecular weight excluding hydrogens is 308 g/mol. The number of aliphatic carboxylic acids is 1. The van der Waals surface area contributed by atoms with Gasteiger partial charge in [-0.25, -0.2) is 18.1 Å². The highest BCUT2D eigenvalue weighted by molar-refractivity contribution is 7.93. The van der Waals surface area contributed by atoms with Crippen LogP contribution < -0.4 is 4.72 Å². The van der Waals surface area contributed by atoms with Gasteiger partial charge in [0.15, 0.2) is 5.75 Å². The van der Waals surface area contributed by atoms with Gasteiger partial charge in [-0.15, -0.1) is 0 Å². The van der Waals surface area contributed by atoms with Crippen LogP contribution in [0.15, 0.2) is 30.9 Å². The second-order valence-corrected chi connectivity index (χ2v) is 5.86. The molecule has 0 saturated heterocycles. The number of nitrogens with zero attached hydrogens (tertiary/aromatic N) is 3. The fraction of sp³-hybridized carbons (Fsp3) is 0.100. The first kappa shape index (κ1) is 14.3. The fourth-order valence-corrected chi connectivity index (χ4v) is 2.68. The Morgan fingerprint density at radius 2 is 2.20 bits per heavy atom. The lowest BCUT2D eigenvalue weighted by Gasteiger charge is -2.12. The van der Waals surface area contributed by atoms with Crippen LogP contribution in [0.1, 0.15) is 0 Å². The summed E-state index contributed by atoms with van der Waals surface area (Å²) in [4.78, 5) is 14.3. The Labute approximate surface area is 119 Å². The van der Waals surface area contributed by atoms with Crippen LogP contribution in [0.3, 0.4) is 0 Å². The van der Waals surface area contributed by atoms with E-state index in [-0.39, 0.29) is 16.4 Å². The summed E-state index contributed by atoms with van der Waals surface area (Å²) in [7, 11) is -4.03. The lowest BCUT2D eigenvalue weighted by atomic mass is 10.3. The quantitative estimate of drug-likeness (QED) is 0.841. The summed E-state index contributed by atoms with van der Waals surface area (Å²) in [5.41, 5.74) is 0.380. The van der Waals surface area contributed by atoms with Crippen molar-refractivity contribution in [2.75, 3.05) is 10.5 Å². The summed E-state index contributed by atoms with van der Waals surface area (Å²) in [6.45, 7) is 0. The van der Waals surface area contributed by atoms with E-state index in [1.807, 2.05) is 0 Å². The Morgan fingerprint density at radius 3 is 2.80 bits per heavy atom. The van der Waals surface area contributed by atoms with E-state index in [4.69, 9.17) is 16.7 Å². The molecule has 8 nitrogen and oxygen atoms in total. The number of nitrogens with one attached hydrogen (secondary N) is 1. The van der Waals surface area contributed by atoms with E-state index in [2.05, 4.69) is 14.8 Å². The first-order chi connectivity index (χ1) is 9.39. The Balaban J connectivity index is 2.43. The highest BCUT2D eigenvalue weighted by atomic mass is 35.5. The first-order valence-corrected chi connectivity index (χ1v) is 7.28. The average Bonchev–Trinajstić information content (AvgIpc) is 2.79. The van der Waals surface area contributed by atoms with Gasteiger partial charge in [-0.2, -0.15) is 5.10 Å². The molecule has 0 unspecified atom stereocenters. The van der Waals surface area contributed by atoms with Crippen molar-refractivity contribution in [3.63, 3.8) is 0 Å². The zero-order valence-electron chi connectivity index (χ0n) is 9.89. The molecule has 0 spiro atoms. The van der Waals surface area contributed by atoms with Gasteiger partial charge >= 0.3 is 5.97 Å². The van der Waals surface area contributed by atoms with Crippen molar-refractivity contribution in [1.82, 2.24) is 14.8 Å². The number of hydrogen-bond donors (Lipinski definition) is 2. The normalized spacial score (nSPS) is 11.2. The predicted molar refractivity (Wildman–Crippen MR) is 71.4 cm³/mol. The van der Waals surface area contributed by atoms with Crippen LogP contribution in [0.4, 0.5) is 5.69 Å². The molecule has 0 aliphatic heterocycles. The van der Waals surface area contributed by atoms with Gasteiger partial charge in [0.25, 0.3) is 0 Å². The molecule has 1 aromatic carbocycles. The summed E-state index contributed by atoms with van der Waals surface area (Å²) in [6, 6.07) is 4.53. The smallest absolute Gasteiger partial charge is 0.320 e. The lowest BCUT2D eigenvalue weighted by Crippen LogP contribution is -2.23. The third kappa shape index (κ3) is 3.25. The summed E-state index contributed by atoms with van der Waals surface area (Å²) in [5, 5.41) is 12.7. The third-order valence-corrected chi connectivity index (χ3v) is 3.68. The molecule has 0 aliphatic carbocycles. The number of carboxylic acids is 1. The highest BCUT2D eigenvalue weighted by Crippen LogP contribution is 2.28. The number of halogens is 1. The van der Waals surface area contributed by atoms with Crippen LogP contribution >= 0.6 is 11.6 Å². The lowest BCUT2D eigenvalue weighted by molar-refractivity contribution is -0.134. The van der Waals surface area contributed by atoms with Crippen LogP contribution in [-0.2, 0) is 14.8 Å². The molecule has 0 radical (unpaired) electrons. The van der Waals surface area contributed by atoms with E-state index in [1.165, 1.54) is 29.5 Å². The second kappa shape index (κ2) is 5.47. The number of aromatic nitrogens is 3. The van der Waals surface area contributed by atoms with E-state index < -0.39 is 21.7 Å². The van der Waals surface area contributed by atoms with E-state index in [1.54, 1.807) is 6.07 Å². The molecule has 0 fully saturated rings. The Kier molecular flexibility index (Phi) is 3.91. The largest absolute Gasteiger partial charge is 0.480 e. The third-order valence-electron chi connectivity index (χ3n) is 2.21. The highest BCUT2D eigenvalue weighted by Gasteiger charge is 2.19. The molecule has 0 atom stereocenters. The zero-order valence-corrected chi connectivity index (χ0v) is 11.5. The molecule has 2 aromatic rings. The van der Waals surface area contributed by atoms with E-state index >= 15 is 0 Å². The number of rotatable bonds is 5. The number of para-hydroxylation sites is 1. The minimum absolute atomic E-state index is 0.115. The van der Waals surface area contributed by atoms with Gasteiger partial charge in [0.05, 0.1) is 10.7 Å². The monoisotopic (exact) mass is 316 g/mol. The summed E-state index contributed by atoms with van der Waals surface area (Å²) in [5.74, 6) is -2.50. The van der Waals surface area contributed by atoms with Gasteiger partial charge in [0.1, 0.15) is 18.3 Å². The average molecular weight is 317 g/mol. The van der Waals surface area contributed by atoms with Gasteiger partial charge in [-0.05, 0) is 12.1 Å². The van der Waals surface area contributed by atoms with Crippen molar-refractivity contribution in [2.24, 2.45) is 0 Å². The van der Waals surface area contributed by atoms with Crippen LogP contribution in [0, 0.1) is 0 Å². The number of sulfonamides is 1. The topological polar surface area (TPSA) is 114 Å². The first-order valence-electron chi connectivity index (χ1n) is 5.25. The minimum atomic E-state index is -4.03. The van der Waals surface area contributed by atoms with Gasteiger partial charge < -0.3 is 5.11 Å².